The zero-order chi connectivity index (χ0) is 27.2. The minimum atomic E-state index is -0.468. The van der Waals surface area contributed by atoms with Gasteiger partial charge in [0, 0.05) is 58.4 Å². The van der Waals surface area contributed by atoms with E-state index in [-0.39, 0.29) is 22.4 Å². The molecule has 4 nitrogen and oxygen atoms in total. The average molecular weight is 532 g/mol. The molecule has 5 rings (SSSR count). The van der Waals surface area contributed by atoms with Gasteiger partial charge in [0.2, 0.25) is 0 Å². The summed E-state index contributed by atoms with van der Waals surface area (Å²) in [6.45, 7) is 11.9. The highest BCUT2D eigenvalue weighted by Crippen LogP contribution is 2.56. The number of ketones is 2. The largest absolute Gasteiger partial charge is 0.493 e. The first-order valence-corrected chi connectivity index (χ1v) is 14.1. The van der Waals surface area contributed by atoms with Crippen LogP contribution in [0.25, 0.3) is 0 Å². The van der Waals surface area contributed by atoms with Crippen LogP contribution >= 0.6 is 11.6 Å². The maximum absolute atomic E-state index is 14.1. The Hall–Kier alpha value is -2.85. The van der Waals surface area contributed by atoms with Crippen LogP contribution < -0.4 is 4.74 Å². The predicted molar refractivity (Wildman–Crippen MR) is 152 cm³/mol. The summed E-state index contributed by atoms with van der Waals surface area (Å²) in [5.41, 5.74) is 5.23. The lowest BCUT2D eigenvalue weighted by Crippen LogP contribution is -2.44. The fourth-order valence-corrected chi connectivity index (χ4v) is 6.58. The number of hydrogen-bond acceptors (Lipinski definition) is 4. The molecular weight excluding hydrogens is 494 g/mol. The van der Waals surface area contributed by atoms with E-state index in [0.29, 0.717) is 36.8 Å². The van der Waals surface area contributed by atoms with Gasteiger partial charge in [-0.15, -0.1) is 0 Å². The van der Waals surface area contributed by atoms with Crippen molar-refractivity contribution in [3.63, 3.8) is 0 Å². The van der Waals surface area contributed by atoms with Crippen LogP contribution in [0.3, 0.4) is 0 Å². The van der Waals surface area contributed by atoms with E-state index < -0.39 is 5.92 Å². The Morgan fingerprint density at radius 1 is 0.868 bits per heavy atom. The van der Waals surface area contributed by atoms with Gasteiger partial charge in [0.1, 0.15) is 5.75 Å². The Balaban J connectivity index is 1.78. The molecule has 0 saturated heterocycles. The first-order chi connectivity index (χ1) is 18.0. The number of benzene rings is 2. The number of halogens is 1. The second-order valence-electron chi connectivity index (χ2n) is 12.6. The summed E-state index contributed by atoms with van der Waals surface area (Å²) in [7, 11) is 0. The third-order valence-corrected chi connectivity index (χ3v) is 8.18. The van der Waals surface area contributed by atoms with Gasteiger partial charge in [0.15, 0.2) is 11.6 Å². The Morgan fingerprint density at radius 2 is 1.45 bits per heavy atom. The van der Waals surface area contributed by atoms with Gasteiger partial charge in [0.25, 0.3) is 0 Å². The monoisotopic (exact) mass is 531 g/mol. The van der Waals surface area contributed by atoms with Gasteiger partial charge in [0.05, 0.1) is 6.61 Å². The molecule has 0 aromatic heterocycles. The normalized spacial score (nSPS) is 20.9. The molecule has 0 fully saturated rings. The van der Waals surface area contributed by atoms with Crippen LogP contribution in [0, 0.1) is 10.8 Å². The SMILES string of the molecule is CCCOc1ccc(Cl)cc1C1C2=C(CC(C)(C)CC2=O)N(Cc2ccccc2)C2=C1C(=O)CC(C)(C)C2. The zero-order valence-corrected chi connectivity index (χ0v) is 24.0. The van der Waals surface area contributed by atoms with Gasteiger partial charge in [-0.25, -0.2) is 0 Å². The molecule has 5 heteroatoms. The minimum Gasteiger partial charge on any atom is -0.493 e. The van der Waals surface area contributed by atoms with Crippen LogP contribution in [0.4, 0.5) is 0 Å². The van der Waals surface area contributed by atoms with Crippen molar-refractivity contribution in [1.82, 2.24) is 4.90 Å². The van der Waals surface area contributed by atoms with Crippen LogP contribution in [0.2, 0.25) is 5.02 Å². The predicted octanol–water partition coefficient (Wildman–Crippen LogP) is 8.01. The quantitative estimate of drug-likeness (QED) is 0.378. The Labute approximate surface area is 231 Å². The average Bonchev–Trinajstić information content (AvgIpc) is 2.83. The topological polar surface area (TPSA) is 46.6 Å². The molecule has 3 aliphatic rings. The molecule has 1 aliphatic heterocycles. The molecular formula is C33H38ClNO3. The van der Waals surface area contributed by atoms with Crippen molar-refractivity contribution in [2.75, 3.05) is 6.61 Å². The molecule has 0 radical (unpaired) electrons. The van der Waals surface area contributed by atoms with E-state index in [2.05, 4.69) is 51.7 Å². The maximum Gasteiger partial charge on any atom is 0.162 e. The number of hydrogen-bond donors (Lipinski definition) is 0. The van der Waals surface area contributed by atoms with Gasteiger partial charge >= 0.3 is 0 Å². The second-order valence-corrected chi connectivity index (χ2v) is 13.1. The van der Waals surface area contributed by atoms with Crippen molar-refractivity contribution in [3.05, 3.63) is 87.2 Å². The fraction of sp³-hybridized carbons (Fsp3) is 0.455. The van der Waals surface area contributed by atoms with E-state index in [1.54, 1.807) is 0 Å². The van der Waals surface area contributed by atoms with E-state index in [1.807, 2.05) is 36.4 Å². The summed E-state index contributed by atoms with van der Waals surface area (Å²) >= 11 is 6.55. The highest BCUT2D eigenvalue weighted by molar-refractivity contribution is 6.30. The minimum absolute atomic E-state index is 0.116. The number of Topliss-reactive ketones (excluding diaryl/α,β-unsaturated/α-hetero) is 2. The Bertz CT molecular complexity index is 1280. The summed E-state index contributed by atoms with van der Waals surface area (Å²) in [5, 5.41) is 0.576. The van der Waals surface area contributed by atoms with Crippen molar-refractivity contribution in [2.45, 2.75) is 79.2 Å². The highest BCUT2D eigenvalue weighted by atomic mass is 35.5. The fourth-order valence-electron chi connectivity index (χ4n) is 6.40. The molecule has 0 atom stereocenters. The van der Waals surface area contributed by atoms with Crippen LogP contribution in [0.1, 0.15) is 83.8 Å². The van der Waals surface area contributed by atoms with Crippen LogP contribution in [0.15, 0.2) is 71.1 Å². The lowest BCUT2D eigenvalue weighted by molar-refractivity contribution is -0.119. The van der Waals surface area contributed by atoms with Gasteiger partial charge < -0.3 is 9.64 Å². The Morgan fingerprint density at radius 3 is 2.00 bits per heavy atom. The molecule has 2 aromatic carbocycles. The van der Waals surface area contributed by atoms with E-state index in [1.165, 1.54) is 0 Å². The van der Waals surface area contributed by atoms with Gasteiger partial charge in [-0.3, -0.25) is 9.59 Å². The molecule has 1 heterocycles. The van der Waals surface area contributed by atoms with Crippen molar-refractivity contribution in [1.29, 1.82) is 0 Å². The van der Waals surface area contributed by atoms with Crippen LogP contribution in [-0.2, 0) is 16.1 Å². The summed E-state index contributed by atoms with van der Waals surface area (Å²) in [6.07, 6.45) is 3.31. The Kier molecular flexibility index (Phi) is 7.06. The summed E-state index contributed by atoms with van der Waals surface area (Å²) < 4.78 is 6.19. The number of ether oxygens (including phenoxy) is 1. The highest BCUT2D eigenvalue weighted by Gasteiger charge is 2.49. The molecule has 0 unspecified atom stereocenters. The maximum atomic E-state index is 14.1. The van der Waals surface area contributed by atoms with Crippen molar-refractivity contribution >= 4 is 23.2 Å². The molecule has 0 N–H and O–H groups in total. The summed E-state index contributed by atoms with van der Waals surface area (Å²) in [6, 6.07) is 15.9. The molecule has 200 valence electrons. The molecule has 2 aromatic rings. The van der Waals surface area contributed by atoms with E-state index in [4.69, 9.17) is 16.3 Å². The van der Waals surface area contributed by atoms with Crippen molar-refractivity contribution in [2.24, 2.45) is 10.8 Å². The van der Waals surface area contributed by atoms with E-state index in [0.717, 1.165) is 52.9 Å². The van der Waals surface area contributed by atoms with Crippen LogP contribution in [0.5, 0.6) is 5.75 Å². The van der Waals surface area contributed by atoms with Gasteiger partial charge in [-0.2, -0.15) is 0 Å². The molecule has 2 aliphatic carbocycles. The van der Waals surface area contributed by atoms with Crippen molar-refractivity contribution in [3.8, 4) is 5.75 Å². The van der Waals surface area contributed by atoms with Gasteiger partial charge in [-0.1, -0.05) is 76.6 Å². The number of carbonyl (C=O) groups is 2. The zero-order valence-electron chi connectivity index (χ0n) is 23.2. The second kappa shape index (κ2) is 10.0. The third kappa shape index (κ3) is 5.08. The molecule has 38 heavy (non-hydrogen) atoms. The molecule has 0 saturated carbocycles. The van der Waals surface area contributed by atoms with Gasteiger partial charge in [-0.05, 0) is 53.9 Å². The van der Waals surface area contributed by atoms with Crippen LogP contribution in [-0.4, -0.2) is 23.1 Å². The molecule has 0 bridgehead atoms. The lowest BCUT2D eigenvalue weighted by Gasteiger charge is -2.49. The smallest absolute Gasteiger partial charge is 0.162 e. The summed E-state index contributed by atoms with van der Waals surface area (Å²) in [4.78, 5) is 30.4. The van der Waals surface area contributed by atoms with E-state index >= 15 is 0 Å². The number of nitrogens with zero attached hydrogens (tertiary/aromatic N) is 1. The number of carbonyl (C=O) groups excluding carboxylic acids is 2. The lowest BCUT2D eigenvalue weighted by atomic mass is 9.63. The molecule has 0 amide bonds. The first-order valence-electron chi connectivity index (χ1n) is 13.8. The number of allylic oxidation sites excluding steroid dienone is 4. The van der Waals surface area contributed by atoms with Crippen molar-refractivity contribution < 1.29 is 14.3 Å². The van der Waals surface area contributed by atoms with E-state index in [9.17, 15) is 9.59 Å². The summed E-state index contributed by atoms with van der Waals surface area (Å²) in [5.74, 6) is 0.464. The standard InChI is InChI=1S/C33H38ClNO3/c1-6-14-38-28-13-12-22(34)15-23(28)29-30-24(16-32(2,3)18-26(30)36)35(20-21-10-8-7-9-11-21)25-17-33(4,5)19-27(37)31(25)29/h7-13,15,29H,6,14,16-20H2,1-5H3. The third-order valence-electron chi connectivity index (χ3n) is 7.95. The first kappa shape index (κ1) is 26.7. The molecule has 0 spiro atoms. The number of rotatable bonds is 6.